The molecule has 0 radical (unpaired) electrons. The van der Waals surface area contributed by atoms with Gasteiger partial charge in [0.25, 0.3) is 10.0 Å². The molecule has 0 bridgehead atoms. The van der Waals surface area contributed by atoms with Gasteiger partial charge in [0.1, 0.15) is 6.54 Å². The zero-order valence-corrected chi connectivity index (χ0v) is 18.7. The van der Waals surface area contributed by atoms with E-state index in [-0.39, 0.29) is 17.3 Å². The molecule has 6 heteroatoms. The Morgan fingerprint density at radius 2 is 1.58 bits per heavy atom. The number of carbonyl (C=O) groups excluding carboxylic acids is 1. The fourth-order valence-corrected chi connectivity index (χ4v) is 4.71. The van der Waals surface area contributed by atoms with Crippen molar-refractivity contribution in [1.82, 2.24) is 5.32 Å². The van der Waals surface area contributed by atoms with Gasteiger partial charge >= 0.3 is 0 Å². The minimum absolute atomic E-state index is 0.156. The molecule has 0 spiro atoms. The number of hydrogen-bond acceptors (Lipinski definition) is 3. The minimum Gasteiger partial charge on any atom is -0.355 e. The Morgan fingerprint density at radius 1 is 0.871 bits per heavy atom. The molecule has 0 heterocycles. The molecule has 31 heavy (non-hydrogen) atoms. The molecular formula is C25H28N2O3S. The SMILES string of the molecule is Cc1ccc(CCCNC(=O)CN(c2cccc(C)c2)S(=O)(=O)c2ccccc2)cc1. The van der Waals surface area contributed by atoms with Crippen LogP contribution in [0.25, 0.3) is 0 Å². The van der Waals surface area contributed by atoms with Crippen molar-refractivity contribution in [1.29, 1.82) is 0 Å². The molecule has 0 unspecified atom stereocenters. The van der Waals surface area contributed by atoms with E-state index in [4.69, 9.17) is 0 Å². The highest BCUT2D eigenvalue weighted by atomic mass is 32.2. The minimum atomic E-state index is -3.87. The Bertz CT molecular complexity index is 1110. The number of benzene rings is 3. The van der Waals surface area contributed by atoms with Crippen molar-refractivity contribution >= 4 is 21.6 Å². The maximum atomic E-state index is 13.3. The van der Waals surface area contributed by atoms with E-state index >= 15 is 0 Å². The maximum Gasteiger partial charge on any atom is 0.264 e. The zero-order valence-electron chi connectivity index (χ0n) is 17.9. The molecule has 3 aromatic carbocycles. The highest BCUT2D eigenvalue weighted by Crippen LogP contribution is 2.24. The smallest absolute Gasteiger partial charge is 0.264 e. The lowest BCUT2D eigenvalue weighted by Gasteiger charge is -2.24. The van der Waals surface area contributed by atoms with Gasteiger partial charge in [-0.25, -0.2) is 8.42 Å². The number of carbonyl (C=O) groups is 1. The van der Waals surface area contributed by atoms with Crippen molar-refractivity contribution in [2.24, 2.45) is 0 Å². The zero-order chi connectivity index (χ0) is 22.3. The van der Waals surface area contributed by atoms with Crippen LogP contribution in [0.15, 0.2) is 83.8 Å². The fourth-order valence-electron chi connectivity index (χ4n) is 3.28. The first-order valence-corrected chi connectivity index (χ1v) is 11.8. The summed E-state index contributed by atoms with van der Waals surface area (Å²) in [5, 5.41) is 2.86. The Hall–Kier alpha value is -3.12. The van der Waals surface area contributed by atoms with Gasteiger partial charge in [0.15, 0.2) is 0 Å². The number of sulfonamides is 1. The fraction of sp³-hybridized carbons (Fsp3) is 0.240. The van der Waals surface area contributed by atoms with Gasteiger partial charge in [-0.2, -0.15) is 0 Å². The summed E-state index contributed by atoms with van der Waals surface area (Å²) in [4.78, 5) is 12.8. The predicted octanol–water partition coefficient (Wildman–Crippen LogP) is 4.25. The Kier molecular flexibility index (Phi) is 7.47. The lowest BCUT2D eigenvalue weighted by molar-refractivity contribution is -0.119. The van der Waals surface area contributed by atoms with E-state index in [0.717, 1.165) is 18.4 Å². The van der Waals surface area contributed by atoms with Crippen LogP contribution in [0, 0.1) is 13.8 Å². The van der Waals surface area contributed by atoms with Crippen molar-refractivity contribution in [3.8, 4) is 0 Å². The average Bonchev–Trinajstić information content (AvgIpc) is 2.77. The van der Waals surface area contributed by atoms with Crippen molar-refractivity contribution in [3.05, 3.63) is 95.6 Å². The van der Waals surface area contributed by atoms with Crippen LogP contribution in [0.3, 0.4) is 0 Å². The highest BCUT2D eigenvalue weighted by molar-refractivity contribution is 7.92. The molecule has 0 fully saturated rings. The molecule has 1 N–H and O–H groups in total. The second-order valence-electron chi connectivity index (χ2n) is 7.60. The number of hydrogen-bond donors (Lipinski definition) is 1. The molecule has 0 aromatic heterocycles. The predicted molar refractivity (Wildman–Crippen MR) is 125 cm³/mol. The average molecular weight is 437 g/mol. The number of nitrogens with one attached hydrogen (secondary N) is 1. The molecule has 3 rings (SSSR count). The van der Waals surface area contributed by atoms with Crippen LogP contribution >= 0.6 is 0 Å². The van der Waals surface area contributed by atoms with Crippen LogP contribution in [0.1, 0.15) is 23.1 Å². The van der Waals surface area contributed by atoms with Gasteiger partial charge in [-0.05, 0) is 62.1 Å². The van der Waals surface area contributed by atoms with Gasteiger partial charge < -0.3 is 5.32 Å². The van der Waals surface area contributed by atoms with E-state index < -0.39 is 10.0 Å². The number of aryl methyl sites for hydroxylation is 3. The summed E-state index contributed by atoms with van der Waals surface area (Å²) in [5.74, 6) is -0.329. The van der Waals surface area contributed by atoms with Gasteiger partial charge in [0, 0.05) is 6.54 Å². The van der Waals surface area contributed by atoms with Crippen LogP contribution < -0.4 is 9.62 Å². The first-order chi connectivity index (χ1) is 14.9. The summed E-state index contributed by atoms with van der Waals surface area (Å²) in [7, 11) is -3.87. The van der Waals surface area contributed by atoms with Crippen molar-refractivity contribution in [3.63, 3.8) is 0 Å². The third kappa shape index (κ3) is 6.18. The second kappa shape index (κ2) is 10.3. The highest BCUT2D eigenvalue weighted by Gasteiger charge is 2.27. The maximum absolute atomic E-state index is 13.3. The van der Waals surface area contributed by atoms with Gasteiger partial charge in [-0.1, -0.05) is 60.2 Å². The molecule has 0 saturated carbocycles. The second-order valence-corrected chi connectivity index (χ2v) is 9.47. The van der Waals surface area contributed by atoms with Crippen LogP contribution in [0.4, 0.5) is 5.69 Å². The molecule has 162 valence electrons. The first-order valence-electron chi connectivity index (χ1n) is 10.3. The number of amides is 1. The topological polar surface area (TPSA) is 66.5 Å². The Balaban J connectivity index is 1.68. The molecular weight excluding hydrogens is 408 g/mol. The molecule has 0 aliphatic heterocycles. The third-order valence-electron chi connectivity index (χ3n) is 4.99. The van der Waals surface area contributed by atoms with E-state index in [1.807, 2.05) is 19.9 Å². The van der Waals surface area contributed by atoms with Gasteiger partial charge in [-0.15, -0.1) is 0 Å². The molecule has 3 aromatic rings. The normalized spacial score (nSPS) is 11.2. The van der Waals surface area contributed by atoms with Crippen LogP contribution in [-0.2, 0) is 21.2 Å². The summed E-state index contributed by atoms with van der Waals surface area (Å²) in [6.45, 7) is 4.15. The van der Waals surface area contributed by atoms with Gasteiger partial charge in [0.2, 0.25) is 5.91 Å². The van der Waals surface area contributed by atoms with E-state index in [1.54, 1.807) is 36.4 Å². The molecule has 0 atom stereocenters. The molecule has 5 nitrogen and oxygen atoms in total. The van der Waals surface area contributed by atoms with Gasteiger partial charge in [0.05, 0.1) is 10.6 Å². The number of nitrogens with zero attached hydrogens (tertiary/aromatic N) is 1. The van der Waals surface area contributed by atoms with Gasteiger partial charge in [-0.3, -0.25) is 9.10 Å². The summed E-state index contributed by atoms with van der Waals surface area (Å²) in [6.07, 6.45) is 1.63. The van der Waals surface area contributed by atoms with E-state index in [2.05, 4.69) is 29.6 Å². The van der Waals surface area contributed by atoms with Crippen LogP contribution in [0.2, 0.25) is 0 Å². The van der Waals surface area contributed by atoms with Crippen LogP contribution in [-0.4, -0.2) is 27.4 Å². The van der Waals surface area contributed by atoms with E-state index in [9.17, 15) is 13.2 Å². The Labute approximate surface area is 184 Å². The number of anilines is 1. The number of rotatable bonds is 9. The summed E-state index contributed by atoms with van der Waals surface area (Å²) in [5.41, 5.74) is 3.82. The largest absolute Gasteiger partial charge is 0.355 e. The molecule has 1 amide bonds. The lowest BCUT2D eigenvalue weighted by Crippen LogP contribution is -2.41. The van der Waals surface area contributed by atoms with E-state index in [1.165, 1.54) is 27.6 Å². The van der Waals surface area contributed by atoms with Crippen molar-refractivity contribution < 1.29 is 13.2 Å². The van der Waals surface area contributed by atoms with Crippen LogP contribution in [0.5, 0.6) is 0 Å². The molecule has 0 aliphatic carbocycles. The Morgan fingerprint density at radius 3 is 2.26 bits per heavy atom. The third-order valence-corrected chi connectivity index (χ3v) is 6.78. The summed E-state index contributed by atoms with van der Waals surface area (Å²) in [6, 6.07) is 23.7. The summed E-state index contributed by atoms with van der Waals surface area (Å²) >= 11 is 0. The molecule has 0 aliphatic rings. The van der Waals surface area contributed by atoms with Crippen molar-refractivity contribution in [2.75, 3.05) is 17.4 Å². The lowest BCUT2D eigenvalue weighted by atomic mass is 10.1. The standard InChI is InChI=1S/C25H28N2O3S/c1-20-13-15-22(16-14-20)9-7-17-26-25(28)19-27(23-10-6-8-21(2)18-23)31(29,30)24-11-4-3-5-12-24/h3-6,8,10-16,18H,7,9,17,19H2,1-2H3,(H,26,28). The first kappa shape index (κ1) is 22.6. The van der Waals surface area contributed by atoms with Crippen molar-refractivity contribution in [2.45, 2.75) is 31.6 Å². The van der Waals surface area contributed by atoms with E-state index in [0.29, 0.717) is 12.2 Å². The monoisotopic (exact) mass is 436 g/mol. The summed E-state index contributed by atoms with van der Waals surface area (Å²) < 4.78 is 27.7. The molecule has 0 saturated heterocycles. The quantitative estimate of drug-likeness (QED) is 0.510.